The minimum atomic E-state index is -3.95. The summed E-state index contributed by atoms with van der Waals surface area (Å²) in [5.41, 5.74) is 0.0372. The fourth-order valence-corrected chi connectivity index (χ4v) is 2.57. The molecule has 1 amide bonds. The molecule has 2 rings (SSSR count). The van der Waals surface area contributed by atoms with Gasteiger partial charge in [-0.1, -0.05) is 0 Å². The Morgan fingerprint density at radius 3 is 2.64 bits per heavy atom. The molecule has 114 valence electrons. The summed E-state index contributed by atoms with van der Waals surface area (Å²) in [7, 11) is 2.74. The van der Waals surface area contributed by atoms with Gasteiger partial charge < -0.3 is 9.88 Å². The molecule has 0 bridgehead atoms. The highest BCUT2D eigenvalue weighted by atomic mass is 35.7. The van der Waals surface area contributed by atoms with E-state index < -0.39 is 20.8 Å². The van der Waals surface area contributed by atoms with Crippen molar-refractivity contribution in [1.29, 1.82) is 5.26 Å². The molecule has 6 nitrogen and oxygen atoms in total. The van der Waals surface area contributed by atoms with Gasteiger partial charge in [-0.05, 0) is 24.3 Å². The Morgan fingerprint density at radius 2 is 2.09 bits per heavy atom. The van der Waals surface area contributed by atoms with Crippen molar-refractivity contribution in [2.75, 3.05) is 5.32 Å². The second-order valence-electron chi connectivity index (χ2n) is 4.37. The van der Waals surface area contributed by atoms with Crippen LogP contribution in [0.15, 0.2) is 35.4 Å². The van der Waals surface area contributed by atoms with E-state index in [0.29, 0.717) is 0 Å². The van der Waals surface area contributed by atoms with Gasteiger partial charge in [0, 0.05) is 29.6 Å². The molecule has 0 unspecified atom stereocenters. The summed E-state index contributed by atoms with van der Waals surface area (Å²) in [5.74, 6) is -1.32. The van der Waals surface area contributed by atoms with Gasteiger partial charge in [0.15, 0.2) is 0 Å². The van der Waals surface area contributed by atoms with Crippen LogP contribution in [0.2, 0.25) is 0 Å². The lowest BCUT2D eigenvalue weighted by atomic mass is 10.2. The molecule has 0 saturated carbocycles. The summed E-state index contributed by atoms with van der Waals surface area (Å²) in [6, 6.07) is 6.29. The SMILES string of the molecule is Cn1cc(S(=O)(=O)Cl)cc1C(=O)Nc1ccc(F)c(C#N)c1. The minimum Gasteiger partial charge on any atom is -0.345 e. The van der Waals surface area contributed by atoms with Crippen molar-refractivity contribution in [2.24, 2.45) is 7.05 Å². The number of aryl methyl sites for hydroxylation is 1. The van der Waals surface area contributed by atoms with E-state index in [0.717, 1.165) is 12.1 Å². The highest BCUT2D eigenvalue weighted by molar-refractivity contribution is 8.13. The van der Waals surface area contributed by atoms with Gasteiger partial charge in [-0.25, -0.2) is 12.8 Å². The number of amides is 1. The fraction of sp³-hybridized carbons (Fsp3) is 0.0769. The summed E-state index contributed by atoms with van der Waals surface area (Å²) >= 11 is 0. The lowest BCUT2D eigenvalue weighted by Crippen LogP contribution is -2.15. The Balaban J connectivity index is 2.31. The fourth-order valence-electron chi connectivity index (χ4n) is 1.78. The van der Waals surface area contributed by atoms with E-state index in [-0.39, 0.29) is 21.8 Å². The average molecular weight is 342 g/mol. The van der Waals surface area contributed by atoms with Crippen LogP contribution in [0.25, 0.3) is 0 Å². The molecule has 1 heterocycles. The van der Waals surface area contributed by atoms with Gasteiger partial charge in [0.1, 0.15) is 22.5 Å². The van der Waals surface area contributed by atoms with Crippen LogP contribution in [0.1, 0.15) is 16.1 Å². The van der Waals surface area contributed by atoms with Crippen LogP contribution in [0.5, 0.6) is 0 Å². The summed E-state index contributed by atoms with van der Waals surface area (Å²) in [6.07, 6.45) is 1.20. The molecule has 0 aliphatic carbocycles. The number of nitriles is 1. The topological polar surface area (TPSA) is 92.0 Å². The number of hydrogen-bond acceptors (Lipinski definition) is 4. The van der Waals surface area contributed by atoms with Gasteiger partial charge in [0.2, 0.25) is 0 Å². The van der Waals surface area contributed by atoms with Gasteiger partial charge in [0.05, 0.1) is 5.56 Å². The van der Waals surface area contributed by atoms with Gasteiger partial charge in [0.25, 0.3) is 15.0 Å². The minimum absolute atomic E-state index is 0.0436. The molecule has 0 saturated heterocycles. The number of halogens is 2. The predicted molar refractivity (Wildman–Crippen MR) is 77.5 cm³/mol. The number of carbonyl (C=O) groups excluding carboxylic acids is 1. The molecule has 9 heteroatoms. The van der Waals surface area contributed by atoms with Crippen LogP contribution in [0.3, 0.4) is 0 Å². The molecule has 0 spiro atoms. The summed E-state index contributed by atoms with van der Waals surface area (Å²) in [4.78, 5) is 11.9. The van der Waals surface area contributed by atoms with Crippen LogP contribution < -0.4 is 5.32 Å². The number of carbonyl (C=O) groups is 1. The van der Waals surface area contributed by atoms with Crippen LogP contribution in [-0.4, -0.2) is 18.9 Å². The van der Waals surface area contributed by atoms with Gasteiger partial charge in [-0.3, -0.25) is 4.79 Å². The normalized spacial score (nSPS) is 11.0. The highest BCUT2D eigenvalue weighted by Gasteiger charge is 2.18. The Bertz CT molecular complexity index is 900. The molecule has 0 aliphatic heterocycles. The molecule has 0 fully saturated rings. The van der Waals surface area contributed by atoms with Crippen molar-refractivity contribution in [3.63, 3.8) is 0 Å². The molecular formula is C13H9ClFN3O3S. The van der Waals surface area contributed by atoms with Crippen LogP contribution in [0, 0.1) is 17.1 Å². The second-order valence-corrected chi connectivity index (χ2v) is 6.94. The Morgan fingerprint density at radius 1 is 1.41 bits per heavy atom. The quantitative estimate of drug-likeness (QED) is 0.866. The number of rotatable bonds is 3. The monoisotopic (exact) mass is 341 g/mol. The lowest BCUT2D eigenvalue weighted by molar-refractivity contribution is 0.101. The maximum Gasteiger partial charge on any atom is 0.272 e. The van der Waals surface area contributed by atoms with Crippen molar-refractivity contribution in [3.05, 3.63) is 47.5 Å². The molecule has 0 radical (unpaired) electrons. The van der Waals surface area contributed by atoms with E-state index in [4.69, 9.17) is 15.9 Å². The van der Waals surface area contributed by atoms with E-state index in [1.54, 1.807) is 6.07 Å². The third kappa shape index (κ3) is 3.27. The maximum atomic E-state index is 13.2. The van der Waals surface area contributed by atoms with Crippen molar-refractivity contribution in [2.45, 2.75) is 4.90 Å². The average Bonchev–Trinajstić information content (AvgIpc) is 2.83. The zero-order valence-electron chi connectivity index (χ0n) is 11.2. The molecule has 22 heavy (non-hydrogen) atoms. The molecule has 1 aromatic carbocycles. The Kier molecular flexibility index (Phi) is 4.21. The number of anilines is 1. The molecular weight excluding hydrogens is 333 g/mol. The van der Waals surface area contributed by atoms with E-state index in [1.807, 2.05) is 0 Å². The van der Waals surface area contributed by atoms with Crippen LogP contribution in [0.4, 0.5) is 10.1 Å². The molecule has 2 aromatic rings. The zero-order valence-corrected chi connectivity index (χ0v) is 12.7. The van der Waals surface area contributed by atoms with E-state index >= 15 is 0 Å². The smallest absolute Gasteiger partial charge is 0.272 e. The molecule has 0 aliphatic rings. The van der Waals surface area contributed by atoms with Crippen LogP contribution in [-0.2, 0) is 16.1 Å². The number of nitrogens with zero attached hydrogens (tertiary/aromatic N) is 2. The number of nitrogens with one attached hydrogen (secondary N) is 1. The summed E-state index contributed by atoms with van der Waals surface area (Å²) in [6.45, 7) is 0. The van der Waals surface area contributed by atoms with Crippen molar-refractivity contribution in [1.82, 2.24) is 4.57 Å². The van der Waals surface area contributed by atoms with Crippen molar-refractivity contribution >= 4 is 31.3 Å². The van der Waals surface area contributed by atoms with Gasteiger partial charge in [-0.2, -0.15) is 5.26 Å². The number of hydrogen-bond donors (Lipinski definition) is 1. The third-order valence-corrected chi connectivity index (χ3v) is 4.16. The molecule has 1 aromatic heterocycles. The zero-order chi connectivity index (χ0) is 16.5. The Labute approximate surface area is 130 Å². The van der Waals surface area contributed by atoms with E-state index in [1.165, 1.54) is 29.9 Å². The standard InChI is InChI=1S/C13H9ClFN3O3S/c1-18-7-10(22(14,20)21)5-12(18)13(19)17-9-2-3-11(15)8(4-9)6-16/h2-5,7H,1H3,(H,17,19). The first-order chi connectivity index (χ1) is 10.2. The van der Waals surface area contributed by atoms with Crippen molar-refractivity contribution < 1.29 is 17.6 Å². The van der Waals surface area contributed by atoms with Gasteiger partial charge in [-0.15, -0.1) is 0 Å². The van der Waals surface area contributed by atoms with Crippen molar-refractivity contribution in [3.8, 4) is 6.07 Å². The maximum absolute atomic E-state index is 13.2. The lowest BCUT2D eigenvalue weighted by Gasteiger charge is -2.06. The number of benzene rings is 1. The molecule has 1 N–H and O–H groups in total. The summed E-state index contributed by atoms with van der Waals surface area (Å²) < 4.78 is 37.0. The van der Waals surface area contributed by atoms with Crippen LogP contribution >= 0.6 is 10.7 Å². The predicted octanol–water partition coefficient (Wildman–Crippen LogP) is 2.22. The van der Waals surface area contributed by atoms with Gasteiger partial charge >= 0.3 is 0 Å². The van der Waals surface area contributed by atoms with E-state index in [9.17, 15) is 17.6 Å². The van der Waals surface area contributed by atoms with E-state index in [2.05, 4.69) is 5.32 Å². The first-order valence-electron chi connectivity index (χ1n) is 5.84. The second kappa shape index (κ2) is 5.79. The third-order valence-electron chi connectivity index (χ3n) is 2.84. The summed E-state index contributed by atoms with van der Waals surface area (Å²) in [5, 5.41) is 11.2. The Hall–Kier alpha value is -2.37. The first kappa shape index (κ1) is 16.0. The highest BCUT2D eigenvalue weighted by Crippen LogP contribution is 2.19. The first-order valence-corrected chi connectivity index (χ1v) is 8.15. The largest absolute Gasteiger partial charge is 0.345 e. The molecule has 0 atom stereocenters. The number of aromatic nitrogens is 1.